The third kappa shape index (κ3) is 3.76. The fraction of sp³-hybridized carbons (Fsp3) is 0.188. The van der Waals surface area contributed by atoms with Crippen molar-refractivity contribution in [3.05, 3.63) is 53.3 Å². The minimum Gasteiger partial charge on any atom is -0.496 e. The summed E-state index contributed by atoms with van der Waals surface area (Å²) in [5, 5.41) is 0. The molecule has 0 aliphatic carbocycles. The molecule has 0 saturated heterocycles. The van der Waals surface area contributed by atoms with E-state index in [4.69, 9.17) is 10.5 Å². The smallest absolute Gasteiger partial charge is 0.159 e. The van der Waals surface area contributed by atoms with Crippen LogP contribution in [0, 0.1) is 5.82 Å². The number of carbonyl (C=O) groups excluding carboxylic acids is 1. The van der Waals surface area contributed by atoms with E-state index in [0.29, 0.717) is 27.6 Å². The summed E-state index contributed by atoms with van der Waals surface area (Å²) in [5.74, 6) is 0.832. The summed E-state index contributed by atoms with van der Waals surface area (Å²) >= 11 is 1.34. The number of thioether (sulfide) groups is 1. The number of anilines is 1. The number of hydrogen-bond acceptors (Lipinski definition) is 4. The first kappa shape index (κ1) is 15.4. The number of methoxy groups -OCH3 is 1. The van der Waals surface area contributed by atoms with Gasteiger partial charge in [0.2, 0.25) is 0 Å². The van der Waals surface area contributed by atoms with Gasteiger partial charge in [-0.1, -0.05) is 0 Å². The lowest BCUT2D eigenvalue weighted by Crippen LogP contribution is -1.97. The normalized spacial score (nSPS) is 10.4. The maximum Gasteiger partial charge on any atom is 0.159 e. The topological polar surface area (TPSA) is 52.3 Å². The Morgan fingerprint density at radius 2 is 2.05 bits per heavy atom. The molecule has 0 aliphatic heterocycles. The van der Waals surface area contributed by atoms with E-state index >= 15 is 0 Å². The maximum absolute atomic E-state index is 13.8. The molecule has 2 aromatic rings. The summed E-state index contributed by atoms with van der Waals surface area (Å²) in [6.45, 7) is 1.51. The molecule has 110 valence electrons. The summed E-state index contributed by atoms with van der Waals surface area (Å²) in [4.78, 5) is 12.0. The van der Waals surface area contributed by atoms with E-state index in [1.165, 1.54) is 24.8 Å². The van der Waals surface area contributed by atoms with E-state index in [1.54, 1.807) is 37.4 Å². The largest absolute Gasteiger partial charge is 0.496 e. The number of nitrogens with two attached hydrogens (primary N) is 1. The molecule has 2 rings (SSSR count). The third-order valence-electron chi connectivity index (χ3n) is 3.03. The van der Waals surface area contributed by atoms with E-state index < -0.39 is 0 Å². The molecule has 0 aliphatic rings. The number of ether oxygens (including phenoxy) is 1. The molecule has 0 aromatic heterocycles. The number of carbonyl (C=O) groups is 1. The second-order valence-electron chi connectivity index (χ2n) is 4.56. The van der Waals surface area contributed by atoms with Crippen LogP contribution in [-0.4, -0.2) is 12.9 Å². The van der Waals surface area contributed by atoms with Gasteiger partial charge in [0.05, 0.1) is 7.11 Å². The molecule has 0 radical (unpaired) electrons. The van der Waals surface area contributed by atoms with Crippen molar-refractivity contribution in [2.75, 3.05) is 12.8 Å². The lowest BCUT2D eigenvalue weighted by molar-refractivity contribution is 0.101. The number of benzene rings is 2. The van der Waals surface area contributed by atoms with E-state index in [0.717, 1.165) is 5.56 Å². The third-order valence-corrected chi connectivity index (χ3v) is 4.12. The molecule has 3 nitrogen and oxygen atoms in total. The van der Waals surface area contributed by atoms with Gasteiger partial charge in [-0.05, 0) is 43.3 Å². The van der Waals surface area contributed by atoms with E-state index in [-0.39, 0.29) is 11.6 Å². The number of rotatable bonds is 5. The van der Waals surface area contributed by atoms with Crippen LogP contribution in [0.1, 0.15) is 22.8 Å². The van der Waals surface area contributed by atoms with Crippen LogP contribution in [0.15, 0.2) is 41.3 Å². The predicted octanol–water partition coefficient (Wildman–Crippen LogP) is 3.91. The van der Waals surface area contributed by atoms with Gasteiger partial charge < -0.3 is 10.5 Å². The van der Waals surface area contributed by atoms with Crippen LogP contribution < -0.4 is 10.5 Å². The first-order valence-electron chi connectivity index (χ1n) is 6.37. The molecule has 0 unspecified atom stereocenters. The van der Waals surface area contributed by atoms with Crippen LogP contribution in [0.3, 0.4) is 0 Å². The quantitative estimate of drug-likeness (QED) is 0.517. The second kappa shape index (κ2) is 6.63. The number of halogens is 1. The van der Waals surface area contributed by atoms with Crippen molar-refractivity contribution in [2.24, 2.45) is 0 Å². The highest BCUT2D eigenvalue weighted by Gasteiger charge is 2.10. The fourth-order valence-corrected chi connectivity index (χ4v) is 2.80. The lowest BCUT2D eigenvalue weighted by Gasteiger charge is -2.10. The number of ketones is 1. The van der Waals surface area contributed by atoms with Gasteiger partial charge in [0.1, 0.15) is 11.6 Å². The average Bonchev–Trinajstić information content (AvgIpc) is 2.46. The zero-order valence-electron chi connectivity index (χ0n) is 11.9. The van der Waals surface area contributed by atoms with Gasteiger partial charge in [0.15, 0.2) is 5.78 Å². The van der Waals surface area contributed by atoms with Crippen LogP contribution in [-0.2, 0) is 5.75 Å². The van der Waals surface area contributed by atoms with Gasteiger partial charge in [-0.3, -0.25) is 4.79 Å². The Morgan fingerprint density at radius 1 is 1.29 bits per heavy atom. The van der Waals surface area contributed by atoms with E-state index in [9.17, 15) is 9.18 Å². The molecule has 0 saturated carbocycles. The summed E-state index contributed by atoms with van der Waals surface area (Å²) in [6.07, 6.45) is 0. The highest BCUT2D eigenvalue weighted by molar-refractivity contribution is 7.98. The molecule has 0 amide bonds. The molecule has 2 aromatic carbocycles. The van der Waals surface area contributed by atoms with Gasteiger partial charge in [-0.15, -0.1) is 11.8 Å². The standard InChI is InChI=1S/C16H16FNO2S/c1-10(19)11-3-5-15(20-2)12(7-11)9-21-16-6-4-13(18)8-14(16)17/h3-8H,9,18H2,1-2H3. The molecular formula is C16H16FNO2S. The molecule has 21 heavy (non-hydrogen) atoms. The molecular weight excluding hydrogens is 289 g/mol. The Balaban J connectivity index is 2.22. The SMILES string of the molecule is COc1ccc(C(C)=O)cc1CSc1ccc(N)cc1F. The van der Waals surface area contributed by atoms with Gasteiger partial charge >= 0.3 is 0 Å². The van der Waals surface area contributed by atoms with Gasteiger partial charge in [0.25, 0.3) is 0 Å². The predicted molar refractivity (Wildman–Crippen MR) is 83.4 cm³/mol. The fourth-order valence-electron chi connectivity index (χ4n) is 1.90. The molecule has 0 fully saturated rings. The Hall–Kier alpha value is -2.01. The molecule has 0 bridgehead atoms. The summed E-state index contributed by atoms with van der Waals surface area (Å²) < 4.78 is 19.0. The van der Waals surface area contributed by atoms with Crippen molar-refractivity contribution in [1.82, 2.24) is 0 Å². The van der Waals surface area contributed by atoms with Crippen LogP contribution in [0.5, 0.6) is 5.75 Å². The van der Waals surface area contributed by atoms with E-state index in [2.05, 4.69) is 0 Å². The first-order chi connectivity index (χ1) is 10.0. The zero-order valence-corrected chi connectivity index (χ0v) is 12.7. The lowest BCUT2D eigenvalue weighted by atomic mass is 10.1. The Morgan fingerprint density at radius 3 is 2.67 bits per heavy atom. The average molecular weight is 305 g/mol. The highest BCUT2D eigenvalue weighted by atomic mass is 32.2. The van der Waals surface area contributed by atoms with Crippen molar-refractivity contribution in [3.8, 4) is 5.75 Å². The Labute approximate surface area is 127 Å². The highest BCUT2D eigenvalue weighted by Crippen LogP contribution is 2.31. The summed E-state index contributed by atoms with van der Waals surface area (Å²) in [5.41, 5.74) is 7.39. The molecule has 0 heterocycles. The van der Waals surface area contributed by atoms with Gasteiger partial charge in [-0.2, -0.15) is 0 Å². The van der Waals surface area contributed by atoms with Crippen molar-refractivity contribution in [1.29, 1.82) is 0 Å². The van der Waals surface area contributed by atoms with Crippen molar-refractivity contribution in [2.45, 2.75) is 17.6 Å². The van der Waals surface area contributed by atoms with Crippen LogP contribution >= 0.6 is 11.8 Å². The van der Waals surface area contributed by atoms with Gasteiger partial charge in [-0.25, -0.2) is 4.39 Å². The zero-order chi connectivity index (χ0) is 15.4. The van der Waals surface area contributed by atoms with Gasteiger partial charge in [0, 0.05) is 27.5 Å². The minimum atomic E-state index is -0.346. The number of nitrogen functional groups attached to an aromatic ring is 1. The van der Waals surface area contributed by atoms with Crippen molar-refractivity contribution in [3.63, 3.8) is 0 Å². The van der Waals surface area contributed by atoms with Crippen LogP contribution in [0.4, 0.5) is 10.1 Å². The Bertz CT molecular complexity index is 673. The van der Waals surface area contributed by atoms with Crippen LogP contribution in [0.25, 0.3) is 0 Å². The molecule has 2 N–H and O–H groups in total. The minimum absolute atomic E-state index is 0.0115. The monoisotopic (exact) mass is 305 g/mol. The summed E-state index contributed by atoms with van der Waals surface area (Å²) in [7, 11) is 1.57. The molecule has 5 heteroatoms. The number of Topliss-reactive ketones (excluding diaryl/α,β-unsaturated/α-hetero) is 1. The molecule has 0 spiro atoms. The van der Waals surface area contributed by atoms with Crippen molar-refractivity contribution >= 4 is 23.2 Å². The van der Waals surface area contributed by atoms with Crippen LogP contribution in [0.2, 0.25) is 0 Å². The first-order valence-corrected chi connectivity index (χ1v) is 7.35. The second-order valence-corrected chi connectivity index (χ2v) is 5.58. The Kier molecular flexibility index (Phi) is 4.85. The van der Waals surface area contributed by atoms with E-state index in [1.807, 2.05) is 0 Å². The summed E-state index contributed by atoms with van der Waals surface area (Å²) in [6, 6.07) is 9.87. The van der Waals surface area contributed by atoms with Crippen molar-refractivity contribution < 1.29 is 13.9 Å². The number of hydrogen-bond donors (Lipinski definition) is 1. The maximum atomic E-state index is 13.8. The molecule has 0 atom stereocenters.